The van der Waals surface area contributed by atoms with Crippen molar-refractivity contribution >= 4 is 24.9 Å². The first kappa shape index (κ1) is 22.4. The first-order chi connectivity index (χ1) is 14.8. The third-order valence-electron chi connectivity index (χ3n) is 6.92. The molecule has 0 radical (unpaired) electrons. The van der Waals surface area contributed by atoms with E-state index < -0.39 is 8.07 Å². The molecule has 4 rings (SSSR count). The molecule has 4 heterocycles. The molecule has 0 saturated carbocycles. The van der Waals surface area contributed by atoms with Crippen LogP contribution in [-0.4, -0.2) is 34.5 Å². The number of fused-ring (bicyclic) bond motifs is 1. The second-order valence-electron chi connectivity index (χ2n) is 9.63. The minimum atomic E-state index is -1.85. The summed E-state index contributed by atoms with van der Waals surface area (Å²) in [6.07, 6.45) is 4.92. The highest BCUT2D eigenvalue weighted by Gasteiger charge is 2.49. The number of hydrogen-bond donors (Lipinski definition) is 0. The van der Waals surface area contributed by atoms with Crippen molar-refractivity contribution < 1.29 is 4.42 Å². The summed E-state index contributed by atoms with van der Waals surface area (Å²) in [5, 5.41) is 2.07. The average Bonchev–Trinajstić information content (AvgIpc) is 3.40. The maximum atomic E-state index is 6.47. The Kier molecular flexibility index (Phi) is 6.46. The van der Waals surface area contributed by atoms with Gasteiger partial charge in [0, 0.05) is 31.3 Å². The summed E-state index contributed by atoms with van der Waals surface area (Å²) in [6.45, 7) is 16.7. The Morgan fingerprint density at radius 3 is 2.45 bits per heavy atom. The number of hydrogen-bond acceptors (Lipinski definition) is 6. The lowest BCUT2D eigenvalue weighted by Gasteiger charge is -2.39. The average molecular weight is 455 g/mol. The van der Waals surface area contributed by atoms with E-state index in [1.54, 1.807) is 11.3 Å². The van der Waals surface area contributed by atoms with Gasteiger partial charge in [-0.2, -0.15) is 0 Å². The van der Waals surface area contributed by atoms with Crippen LogP contribution in [0.5, 0.6) is 0 Å². The zero-order valence-electron chi connectivity index (χ0n) is 19.6. The largest absolute Gasteiger partial charge is 0.449 e. The van der Waals surface area contributed by atoms with Gasteiger partial charge in [-0.25, -0.2) is 15.0 Å². The summed E-state index contributed by atoms with van der Waals surface area (Å²) in [4.78, 5) is 17.8. The molecule has 1 aliphatic heterocycles. The van der Waals surface area contributed by atoms with Crippen molar-refractivity contribution in [1.29, 1.82) is 0 Å². The van der Waals surface area contributed by atoms with Crippen LogP contribution >= 0.6 is 11.3 Å². The lowest BCUT2D eigenvalue weighted by atomic mass is 10.1. The van der Waals surface area contributed by atoms with E-state index in [0.29, 0.717) is 16.6 Å². The van der Waals surface area contributed by atoms with Crippen LogP contribution in [0.1, 0.15) is 58.6 Å². The summed E-state index contributed by atoms with van der Waals surface area (Å²) < 4.78 is 6.47. The molecule has 31 heavy (non-hydrogen) atoms. The van der Waals surface area contributed by atoms with Crippen molar-refractivity contribution in [2.75, 3.05) is 6.54 Å². The Hall–Kier alpha value is -1.83. The van der Waals surface area contributed by atoms with E-state index in [4.69, 9.17) is 14.4 Å². The van der Waals surface area contributed by atoms with Gasteiger partial charge in [0.25, 0.3) is 0 Å². The molecule has 0 amide bonds. The van der Waals surface area contributed by atoms with E-state index in [1.165, 1.54) is 11.3 Å². The van der Waals surface area contributed by atoms with Crippen molar-refractivity contribution in [1.82, 2.24) is 19.9 Å². The SMILES string of the molecule is CC(C)[Si](c1ncc(CN2CCc3nc(-c4cccs4)ncc3C2)o1)(C(C)C)C(C)C. The molecule has 0 bridgehead atoms. The summed E-state index contributed by atoms with van der Waals surface area (Å²) >= 11 is 1.69. The lowest BCUT2D eigenvalue weighted by Crippen LogP contribution is -2.56. The Morgan fingerprint density at radius 1 is 1.06 bits per heavy atom. The van der Waals surface area contributed by atoms with Crippen LogP contribution in [0.15, 0.2) is 34.3 Å². The number of aromatic nitrogens is 3. The maximum Gasteiger partial charge on any atom is 0.169 e. The second kappa shape index (κ2) is 8.96. The number of nitrogens with zero attached hydrogens (tertiary/aromatic N) is 4. The Labute approximate surface area is 191 Å². The summed E-state index contributed by atoms with van der Waals surface area (Å²) in [6, 6.07) is 4.13. The summed E-state index contributed by atoms with van der Waals surface area (Å²) in [5.74, 6) is 1.83. The van der Waals surface area contributed by atoms with E-state index in [0.717, 1.165) is 48.0 Å². The van der Waals surface area contributed by atoms with Gasteiger partial charge >= 0.3 is 0 Å². The van der Waals surface area contributed by atoms with Crippen LogP contribution in [0.4, 0.5) is 0 Å². The van der Waals surface area contributed by atoms with Crippen LogP contribution in [0, 0.1) is 0 Å². The van der Waals surface area contributed by atoms with E-state index in [9.17, 15) is 0 Å². The molecule has 0 fully saturated rings. The van der Waals surface area contributed by atoms with E-state index >= 15 is 0 Å². The Morgan fingerprint density at radius 2 is 1.81 bits per heavy atom. The van der Waals surface area contributed by atoms with Crippen LogP contribution in [0.25, 0.3) is 10.7 Å². The molecule has 0 spiro atoms. The predicted octanol–water partition coefficient (Wildman–Crippen LogP) is 5.64. The van der Waals surface area contributed by atoms with Crippen molar-refractivity contribution in [3.8, 4) is 10.7 Å². The first-order valence-electron chi connectivity index (χ1n) is 11.4. The number of rotatable bonds is 7. The van der Waals surface area contributed by atoms with Gasteiger partial charge in [0.1, 0.15) is 5.76 Å². The summed E-state index contributed by atoms with van der Waals surface area (Å²) in [7, 11) is -1.85. The van der Waals surface area contributed by atoms with Gasteiger partial charge in [0.05, 0.1) is 23.3 Å². The van der Waals surface area contributed by atoms with Gasteiger partial charge in [-0.05, 0) is 28.1 Å². The molecule has 7 heteroatoms. The molecule has 0 N–H and O–H groups in total. The molecule has 0 saturated heterocycles. The van der Waals surface area contributed by atoms with E-state index in [-0.39, 0.29) is 0 Å². The van der Waals surface area contributed by atoms with Crippen LogP contribution in [-0.2, 0) is 19.5 Å². The highest BCUT2D eigenvalue weighted by molar-refractivity contribution is 7.13. The van der Waals surface area contributed by atoms with Gasteiger partial charge in [0.2, 0.25) is 0 Å². The lowest BCUT2D eigenvalue weighted by molar-refractivity contribution is 0.225. The fourth-order valence-electron chi connectivity index (χ4n) is 5.58. The van der Waals surface area contributed by atoms with E-state index in [1.807, 2.05) is 18.5 Å². The minimum absolute atomic E-state index is 0.593. The molecule has 0 atom stereocenters. The summed E-state index contributed by atoms with van der Waals surface area (Å²) in [5.41, 5.74) is 5.21. The zero-order chi connectivity index (χ0) is 22.2. The maximum absolute atomic E-state index is 6.47. The molecular weight excluding hydrogens is 420 g/mol. The van der Waals surface area contributed by atoms with Crippen molar-refractivity contribution in [2.24, 2.45) is 0 Å². The number of thiophene rings is 1. The molecule has 0 aromatic carbocycles. The van der Waals surface area contributed by atoms with Crippen molar-refractivity contribution in [3.05, 3.63) is 46.9 Å². The first-order valence-corrected chi connectivity index (χ1v) is 14.5. The quantitative estimate of drug-likeness (QED) is 0.433. The van der Waals surface area contributed by atoms with Gasteiger partial charge in [-0.3, -0.25) is 4.90 Å². The second-order valence-corrected chi connectivity index (χ2v) is 16.3. The molecule has 3 aromatic heterocycles. The third-order valence-corrected chi connectivity index (χ3v) is 14.5. The van der Waals surface area contributed by atoms with Gasteiger partial charge in [0.15, 0.2) is 19.4 Å². The highest BCUT2D eigenvalue weighted by Crippen LogP contribution is 2.40. The Bertz CT molecular complexity index is 991. The van der Waals surface area contributed by atoms with Crippen molar-refractivity contribution in [3.63, 3.8) is 0 Å². The van der Waals surface area contributed by atoms with Crippen LogP contribution in [0.2, 0.25) is 16.6 Å². The van der Waals surface area contributed by atoms with Gasteiger partial charge in [-0.15, -0.1) is 11.3 Å². The smallest absolute Gasteiger partial charge is 0.169 e. The fourth-order valence-corrected chi connectivity index (χ4v) is 12.3. The number of oxazole rings is 1. The highest BCUT2D eigenvalue weighted by atomic mass is 32.1. The topological polar surface area (TPSA) is 55.1 Å². The molecule has 5 nitrogen and oxygen atoms in total. The van der Waals surface area contributed by atoms with Crippen LogP contribution < -0.4 is 5.51 Å². The monoisotopic (exact) mass is 454 g/mol. The third kappa shape index (κ3) is 4.15. The van der Waals surface area contributed by atoms with E-state index in [2.05, 4.69) is 62.9 Å². The van der Waals surface area contributed by atoms with Crippen LogP contribution in [0.3, 0.4) is 0 Å². The van der Waals surface area contributed by atoms with Gasteiger partial charge in [-0.1, -0.05) is 47.6 Å². The molecule has 0 aliphatic carbocycles. The molecular formula is C24H34N4OSSi. The zero-order valence-corrected chi connectivity index (χ0v) is 21.4. The standard InChI is InChI=1S/C24H34N4OSSi/c1-16(2)31(17(3)4,18(5)6)24-26-13-20(29-24)15-28-10-9-21-19(14-28)12-25-23(27-21)22-8-7-11-30-22/h7-8,11-13,16-18H,9-10,14-15H2,1-6H3. The minimum Gasteiger partial charge on any atom is -0.449 e. The molecule has 3 aromatic rings. The molecule has 166 valence electrons. The molecule has 0 unspecified atom stereocenters. The normalized spacial score (nSPS) is 15.3. The Balaban J connectivity index is 1.50. The van der Waals surface area contributed by atoms with Crippen molar-refractivity contribution in [2.45, 2.75) is 77.7 Å². The van der Waals surface area contributed by atoms with Gasteiger partial charge < -0.3 is 4.42 Å². The fraction of sp³-hybridized carbons (Fsp3) is 0.542. The molecule has 1 aliphatic rings. The predicted molar refractivity (Wildman–Crippen MR) is 130 cm³/mol.